The maximum Gasteiger partial charge on any atom is 0.234 e. The molecule has 3 rings (SSSR count). The van der Waals surface area contributed by atoms with E-state index in [9.17, 15) is 14.5 Å². The van der Waals surface area contributed by atoms with Gasteiger partial charge in [-0.15, -0.1) is 4.91 Å². The Morgan fingerprint density at radius 1 is 0.844 bits per heavy atom. The van der Waals surface area contributed by atoms with Crippen LogP contribution >= 0.6 is 0 Å². The number of benzene rings is 1. The van der Waals surface area contributed by atoms with E-state index in [1.807, 2.05) is 24.3 Å². The quantitative estimate of drug-likeness (QED) is 0.400. The van der Waals surface area contributed by atoms with Gasteiger partial charge in [0.1, 0.15) is 5.69 Å². The monoisotopic (exact) mass is 432 g/mol. The van der Waals surface area contributed by atoms with Gasteiger partial charge in [0, 0.05) is 24.5 Å². The first-order valence-corrected chi connectivity index (χ1v) is 10.1. The van der Waals surface area contributed by atoms with Crippen molar-refractivity contribution in [1.29, 1.82) is 0 Å². The third kappa shape index (κ3) is 7.06. The maximum atomic E-state index is 12.6. The number of amides is 2. The Hall–Kier alpha value is -3.98. The van der Waals surface area contributed by atoms with Crippen LogP contribution in [0, 0.1) is 4.91 Å². The molecule has 9 heteroatoms. The zero-order chi connectivity index (χ0) is 22.6. The SMILES string of the molecule is O=Nc1ccccc1C(CC(=O)NCc1ccccn1)NC(=O)CNCc1ccccn1. The summed E-state index contributed by atoms with van der Waals surface area (Å²) < 4.78 is 0. The first-order chi connectivity index (χ1) is 15.7. The van der Waals surface area contributed by atoms with Crippen molar-refractivity contribution < 1.29 is 9.59 Å². The fraction of sp³-hybridized carbons (Fsp3) is 0.217. The molecule has 164 valence electrons. The minimum Gasteiger partial charge on any atom is -0.350 e. The summed E-state index contributed by atoms with van der Waals surface area (Å²) in [7, 11) is 0. The standard InChI is InChI=1S/C23H24N6O3/c30-22(27-15-18-8-4-6-12-26-18)13-21(19-9-1-2-10-20(19)29-32)28-23(31)16-24-14-17-7-3-5-11-25-17/h1-12,21,24H,13-16H2,(H,27,30)(H,28,31). The van der Waals surface area contributed by atoms with Gasteiger partial charge in [-0.05, 0) is 35.5 Å². The second-order valence-electron chi connectivity index (χ2n) is 7.00. The summed E-state index contributed by atoms with van der Waals surface area (Å²) >= 11 is 0. The fourth-order valence-corrected chi connectivity index (χ4v) is 3.11. The molecule has 0 saturated carbocycles. The van der Waals surface area contributed by atoms with Crippen molar-refractivity contribution in [2.24, 2.45) is 5.18 Å². The lowest BCUT2D eigenvalue weighted by Crippen LogP contribution is -2.38. The first kappa shape index (κ1) is 22.7. The number of carbonyl (C=O) groups is 2. The Labute approximate surface area is 185 Å². The van der Waals surface area contributed by atoms with Crippen molar-refractivity contribution in [3.63, 3.8) is 0 Å². The molecule has 2 aromatic heterocycles. The van der Waals surface area contributed by atoms with Gasteiger partial charge in [0.15, 0.2) is 0 Å². The number of aromatic nitrogens is 2. The molecule has 0 aliphatic rings. The molecule has 0 aliphatic heterocycles. The summed E-state index contributed by atoms with van der Waals surface area (Å²) in [6, 6.07) is 16.9. The van der Waals surface area contributed by atoms with Gasteiger partial charge in [-0.1, -0.05) is 30.3 Å². The van der Waals surface area contributed by atoms with Crippen LogP contribution in [-0.2, 0) is 22.7 Å². The van der Waals surface area contributed by atoms with Gasteiger partial charge >= 0.3 is 0 Å². The Bertz CT molecular complexity index is 1030. The molecule has 9 nitrogen and oxygen atoms in total. The van der Waals surface area contributed by atoms with Crippen LogP contribution in [-0.4, -0.2) is 28.3 Å². The van der Waals surface area contributed by atoms with Crippen LogP contribution in [0.15, 0.2) is 78.2 Å². The molecule has 0 aliphatic carbocycles. The Morgan fingerprint density at radius 2 is 1.50 bits per heavy atom. The normalized spacial score (nSPS) is 11.4. The number of nitrogens with one attached hydrogen (secondary N) is 3. The predicted molar refractivity (Wildman–Crippen MR) is 119 cm³/mol. The van der Waals surface area contributed by atoms with E-state index in [-0.39, 0.29) is 37.0 Å². The van der Waals surface area contributed by atoms with Crippen molar-refractivity contribution >= 4 is 17.5 Å². The molecule has 2 amide bonds. The Morgan fingerprint density at radius 3 is 2.16 bits per heavy atom. The molecule has 3 aromatic rings. The van der Waals surface area contributed by atoms with E-state index in [2.05, 4.69) is 31.1 Å². The topological polar surface area (TPSA) is 125 Å². The average Bonchev–Trinajstić information content (AvgIpc) is 2.83. The molecule has 32 heavy (non-hydrogen) atoms. The second-order valence-corrected chi connectivity index (χ2v) is 7.00. The van der Waals surface area contributed by atoms with Gasteiger partial charge in [-0.2, -0.15) is 0 Å². The zero-order valence-corrected chi connectivity index (χ0v) is 17.4. The van der Waals surface area contributed by atoms with Gasteiger partial charge in [0.25, 0.3) is 0 Å². The van der Waals surface area contributed by atoms with Crippen LogP contribution < -0.4 is 16.0 Å². The minimum atomic E-state index is -0.711. The molecular formula is C23H24N6O3. The van der Waals surface area contributed by atoms with Crippen LogP contribution in [0.25, 0.3) is 0 Å². The summed E-state index contributed by atoms with van der Waals surface area (Å²) in [5.41, 5.74) is 2.18. The number of hydrogen-bond donors (Lipinski definition) is 3. The van der Waals surface area contributed by atoms with Gasteiger partial charge in [0.05, 0.1) is 36.9 Å². The van der Waals surface area contributed by atoms with Crippen molar-refractivity contribution in [3.8, 4) is 0 Å². The van der Waals surface area contributed by atoms with E-state index < -0.39 is 6.04 Å². The summed E-state index contributed by atoms with van der Waals surface area (Å²) in [6.07, 6.45) is 3.28. The second kappa shape index (κ2) is 12.0. The Balaban J connectivity index is 1.61. The van der Waals surface area contributed by atoms with Gasteiger partial charge in [0.2, 0.25) is 11.8 Å². The minimum absolute atomic E-state index is 0.0271. The van der Waals surface area contributed by atoms with Crippen LogP contribution in [0.5, 0.6) is 0 Å². The number of nitroso groups, excluding NO2 is 1. The molecule has 0 spiro atoms. The van der Waals surface area contributed by atoms with Crippen molar-refractivity contribution in [2.75, 3.05) is 6.54 Å². The zero-order valence-electron chi connectivity index (χ0n) is 17.4. The van der Waals surface area contributed by atoms with E-state index in [4.69, 9.17) is 0 Å². The van der Waals surface area contributed by atoms with E-state index in [1.54, 1.807) is 48.8 Å². The van der Waals surface area contributed by atoms with Gasteiger partial charge in [-0.3, -0.25) is 19.6 Å². The number of carbonyl (C=O) groups excluding carboxylic acids is 2. The van der Waals surface area contributed by atoms with Crippen LogP contribution in [0.3, 0.4) is 0 Å². The molecule has 2 heterocycles. The summed E-state index contributed by atoms with van der Waals surface area (Å²) in [4.78, 5) is 44.7. The lowest BCUT2D eigenvalue weighted by Gasteiger charge is -2.20. The number of rotatable bonds is 11. The van der Waals surface area contributed by atoms with E-state index in [0.717, 1.165) is 11.4 Å². The van der Waals surface area contributed by atoms with Crippen LogP contribution in [0.1, 0.15) is 29.4 Å². The molecular weight excluding hydrogens is 408 g/mol. The lowest BCUT2D eigenvalue weighted by atomic mass is 10.0. The highest BCUT2D eigenvalue weighted by atomic mass is 16.3. The third-order valence-electron chi connectivity index (χ3n) is 4.65. The molecule has 0 fully saturated rings. The fourth-order valence-electron chi connectivity index (χ4n) is 3.11. The number of hydrogen-bond acceptors (Lipinski definition) is 7. The third-order valence-corrected chi connectivity index (χ3v) is 4.65. The molecule has 1 unspecified atom stereocenters. The molecule has 0 saturated heterocycles. The smallest absolute Gasteiger partial charge is 0.234 e. The summed E-state index contributed by atoms with van der Waals surface area (Å²) in [6.45, 7) is 0.717. The highest BCUT2D eigenvalue weighted by molar-refractivity contribution is 5.81. The van der Waals surface area contributed by atoms with Crippen molar-refractivity contribution in [3.05, 3.63) is 94.9 Å². The highest BCUT2D eigenvalue weighted by Crippen LogP contribution is 2.27. The first-order valence-electron chi connectivity index (χ1n) is 10.1. The largest absolute Gasteiger partial charge is 0.350 e. The van der Waals surface area contributed by atoms with Crippen molar-refractivity contribution in [2.45, 2.75) is 25.6 Å². The number of nitrogens with zero attached hydrogens (tertiary/aromatic N) is 3. The van der Waals surface area contributed by atoms with Gasteiger partial charge < -0.3 is 16.0 Å². The molecule has 3 N–H and O–H groups in total. The van der Waals surface area contributed by atoms with E-state index in [0.29, 0.717) is 12.1 Å². The highest BCUT2D eigenvalue weighted by Gasteiger charge is 2.21. The number of pyridine rings is 2. The predicted octanol–water partition coefficient (Wildman–Crippen LogP) is 2.53. The van der Waals surface area contributed by atoms with Gasteiger partial charge in [-0.25, -0.2) is 0 Å². The molecule has 1 aromatic carbocycles. The summed E-state index contributed by atoms with van der Waals surface area (Å²) in [5.74, 6) is -0.604. The molecule has 0 bridgehead atoms. The molecule has 1 atom stereocenters. The molecule has 0 radical (unpaired) electrons. The van der Waals surface area contributed by atoms with Crippen molar-refractivity contribution in [1.82, 2.24) is 25.9 Å². The average molecular weight is 432 g/mol. The summed E-state index contributed by atoms with van der Waals surface area (Å²) in [5, 5.41) is 11.7. The van der Waals surface area contributed by atoms with E-state index in [1.165, 1.54) is 0 Å². The maximum absolute atomic E-state index is 12.6. The Kier molecular flexibility index (Phi) is 8.52. The van der Waals surface area contributed by atoms with Crippen LogP contribution in [0.4, 0.5) is 5.69 Å². The lowest BCUT2D eigenvalue weighted by molar-refractivity contribution is -0.123. The van der Waals surface area contributed by atoms with E-state index >= 15 is 0 Å². The van der Waals surface area contributed by atoms with Crippen LogP contribution in [0.2, 0.25) is 0 Å².